The molecule has 5 nitrogen and oxygen atoms in total. The Morgan fingerprint density at radius 2 is 2.33 bits per heavy atom. The van der Waals surface area contributed by atoms with Gasteiger partial charge < -0.3 is 5.11 Å². The summed E-state index contributed by atoms with van der Waals surface area (Å²) in [7, 11) is 0. The van der Waals surface area contributed by atoms with Gasteiger partial charge in [0.15, 0.2) is 0 Å². The van der Waals surface area contributed by atoms with Gasteiger partial charge >= 0.3 is 5.97 Å². The molecular weight excluding hydrogens is 158 g/mol. The lowest BCUT2D eigenvalue weighted by Crippen LogP contribution is -2.00. The zero-order chi connectivity index (χ0) is 8.81. The van der Waals surface area contributed by atoms with Crippen molar-refractivity contribution in [1.29, 1.82) is 0 Å². The van der Waals surface area contributed by atoms with Crippen LogP contribution in [-0.4, -0.2) is 26.1 Å². The van der Waals surface area contributed by atoms with Gasteiger partial charge in [0.1, 0.15) is 0 Å². The largest absolute Gasteiger partial charge is 0.481 e. The molecule has 1 N–H and O–H groups in total. The third-order valence-electron chi connectivity index (χ3n) is 1.50. The Kier molecular flexibility index (Phi) is 3.25. The fourth-order valence-electron chi connectivity index (χ4n) is 0.902. The Hall–Kier alpha value is -1.39. The number of carbonyl (C=O) groups is 1. The predicted molar refractivity (Wildman–Crippen MR) is 41.5 cm³/mol. The molecule has 0 saturated carbocycles. The van der Waals surface area contributed by atoms with Gasteiger partial charge in [0.05, 0.1) is 6.20 Å². The summed E-state index contributed by atoms with van der Waals surface area (Å²) in [6.45, 7) is 0.743. The van der Waals surface area contributed by atoms with Crippen molar-refractivity contribution in [2.45, 2.75) is 25.8 Å². The van der Waals surface area contributed by atoms with Crippen LogP contribution in [-0.2, 0) is 11.3 Å². The molecule has 0 aliphatic heterocycles. The molecule has 0 unspecified atom stereocenters. The maximum absolute atomic E-state index is 10.1. The second-order valence-corrected chi connectivity index (χ2v) is 2.52. The molecule has 0 amide bonds. The Labute approximate surface area is 70.0 Å². The number of aliphatic carboxylic acids is 1. The first-order valence-corrected chi connectivity index (χ1v) is 3.85. The molecule has 0 atom stereocenters. The van der Waals surface area contributed by atoms with E-state index in [-0.39, 0.29) is 6.42 Å². The van der Waals surface area contributed by atoms with Gasteiger partial charge in [-0.3, -0.25) is 9.48 Å². The Bertz CT molecular complexity index is 233. The molecule has 0 bridgehead atoms. The van der Waals surface area contributed by atoms with E-state index >= 15 is 0 Å². The molecule has 0 radical (unpaired) electrons. The van der Waals surface area contributed by atoms with Crippen molar-refractivity contribution in [3.8, 4) is 0 Å². The van der Waals surface area contributed by atoms with Crippen molar-refractivity contribution < 1.29 is 9.90 Å². The summed E-state index contributed by atoms with van der Waals surface area (Å²) < 4.78 is 1.70. The number of hydrogen-bond acceptors (Lipinski definition) is 3. The van der Waals surface area contributed by atoms with Crippen molar-refractivity contribution in [2.75, 3.05) is 0 Å². The Balaban J connectivity index is 2.07. The van der Waals surface area contributed by atoms with Crippen LogP contribution in [0.15, 0.2) is 12.4 Å². The van der Waals surface area contributed by atoms with E-state index in [1.54, 1.807) is 17.1 Å². The number of unbranched alkanes of at least 4 members (excludes halogenated alkanes) is 1. The third-order valence-corrected chi connectivity index (χ3v) is 1.50. The third kappa shape index (κ3) is 3.14. The highest BCUT2D eigenvalue weighted by Gasteiger charge is 1.96. The zero-order valence-electron chi connectivity index (χ0n) is 6.68. The van der Waals surface area contributed by atoms with E-state index in [4.69, 9.17) is 5.11 Å². The van der Waals surface area contributed by atoms with Crippen LogP contribution in [0.25, 0.3) is 0 Å². The van der Waals surface area contributed by atoms with E-state index in [0.717, 1.165) is 13.0 Å². The maximum atomic E-state index is 10.1. The highest BCUT2D eigenvalue weighted by Crippen LogP contribution is 1.97. The maximum Gasteiger partial charge on any atom is 0.303 e. The summed E-state index contributed by atoms with van der Waals surface area (Å²) in [4.78, 5) is 10.1. The first-order valence-electron chi connectivity index (χ1n) is 3.85. The van der Waals surface area contributed by atoms with Crippen LogP contribution in [0.1, 0.15) is 19.3 Å². The number of hydrogen-bond donors (Lipinski definition) is 1. The van der Waals surface area contributed by atoms with Gasteiger partial charge in [0.25, 0.3) is 0 Å². The van der Waals surface area contributed by atoms with Crippen molar-refractivity contribution >= 4 is 5.97 Å². The van der Waals surface area contributed by atoms with Crippen LogP contribution in [0.2, 0.25) is 0 Å². The minimum Gasteiger partial charge on any atom is -0.481 e. The van der Waals surface area contributed by atoms with E-state index < -0.39 is 5.97 Å². The molecule has 0 spiro atoms. The number of carboxylic acids is 1. The fourth-order valence-corrected chi connectivity index (χ4v) is 0.902. The lowest BCUT2D eigenvalue weighted by atomic mass is 10.2. The SMILES string of the molecule is O=C(O)CCCCn1ccnn1. The molecule has 0 aromatic carbocycles. The molecule has 0 aliphatic rings. The van der Waals surface area contributed by atoms with Crippen LogP contribution < -0.4 is 0 Å². The second kappa shape index (κ2) is 4.48. The molecule has 0 fully saturated rings. The number of nitrogens with zero attached hydrogens (tertiary/aromatic N) is 3. The lowest BCUT2D eigenvalue weighted by molar-refractivity contribution is -0.137. The van der Waals surface area contributed by atoms with Crippen LogP contribution >= 0.6 is 0 Å². The molecule has 66 valence electrons. The summed E-state index contributed by atoms with van der Waals surface area (Å²) in [6.07, 6.45) is 5.12. The van der Waals surface area contributed by atoms with E-state index in [2.05, 4.69) is 10.3 Å². The molecule has 0 saturated heterocycles. The molecule has 1 rings (SSSR count). The first kappa shape index (κ1) is 8.70. The molecule has 5 heteroatoms. The first-order chi connectivity index (χ1) is 5.79. The Morgan fingerprint density at radius 3 is 2.92 bits per heavy atom. The minimum atomic E-state index is -0.742. The molecule has 0 aliphatic carbocycles. The monoisotopic (exact) mass is 169 g/mol. The summed E-state index contributed by atoms with van der Waals surface area (Å²) in [5.74, 6) is -0.742. The smallest absolute Gasteiger partial charge is 0.303 e. The van der Waals surface area contributed by atoms with Gasteiger partial charge in [-0.25, -0.2) is 0 Å². The lowest BCUT2D eigenvalue weighted by Gasteiger charge is -1.97. The molecule has 1 heterocycles. The van der Waals surface area contributed by atoms with Crippen LogP contribution in [0.4, 0.5) is 0 Å². The van der Waals surface area contributed by atoms with E-state index in [1.807, 2.05) is 0 Å². The van der Waals surface area contributed by atoms with Crippen LogP contribution in [0.3, 0.4) is 0 Å². The minimum absolute atomic E-state index is 0.231. The predicted octanol–water partition coefficient (Wildman–Crippen LogP) is 0.533. The summed E-state index contributed by atoms with van der Waals surface area (Å²) in [6, 6.07) is 0. The van der Waals surface area contributed by atoms with Gasteiger partial charge in [-0.15, -0.1) is 5.10 Å². The fraction of sp³-hybridized carbons (Fsp3) is 0.571. The molecular formula is C7H11N3O2. The van der Waals surface area contributed by atoms with E-state index in [0.29, 0.717) is 6.42 Å². The van der Waals surface area contributed by atoms with Crippen molar-refractivity contribution in [1.82, 2.24) is 15.0 Å². The number of aryl methyl sites for hydroxylation is 1. The normalized spacial score (nSPS) is 10.0. The average molecular weight is 169 g/mol. The highest BCUT2D eigenvalue weighted by molar-refractivity contribution is 5.66. The Morgan fingerprint density at radius 1 is 1.50 bits per heavy atom. The van der Waals surface area contributed by atoms with Crippen molar-refractivity contribution in [3.63, 3.8) is 0 Å². The topological polar surface area (TPSA) is 68.0 Å². The van der Waals surface area contributed by atoms with Gasteiger partial charge in [-0.1, -0.05) is 5.21 Å². The number of rotatable bonds is 5. The summed E-state index contributed by atoms with van der Waals surface area (Å²) in [5.41, 5.74) is 0. The van der Waals surface area contributed by atoms with E-state index in [9.17, 15) is 4.79 Å². The standard InChI is InChI=1S/C7H11N3O2/c11-7(12)3-1-2-5-10-6-4-8-9-10/h4,6H,1-3,5H2,(H,11,12). The highest BCUT2D eigenvalue weighted by atomic mass is 16.4. The van der Waals surface area contributed by atoms with Gasteiger partial charge in [0, 0.05) is 19.2 Å². The van der Waals surface area contributed by atoms with Crippen LogP contribution in [0, 0.1) is 0 Å². The number of carboxylic acid groups (broad SMARTS) is 1. The molecule has 12 heavy (non-hydrogen) atoms. The summed E-state index contributed by atoms with van der Waals surface area (Å²) >= 11 is 0. The number of aromatic nitrogens is 3. The second-order valence-electron chi connectivity index (χ2n) is 2.52. The van der Waals surface area contributed by atoms with Gasteiger partial charge in [-0.2, -0.15) is 0 Å². The van der Waals surface area contributed by atoms with Crippen molar-refractivity contribution in [3.05, 3.63) is 12.4 Å². The molecule has 1 aromatic heterocycles. The van der Waals surface area contributed by atoms with Crippen molar-refractivity contribution in [2.24, 2.45) is 0 Å². The molecule has 1 aromatic rings. The van der Waals surface area contributed by atoms with Gasteiger partial charge in [0.2, 0.25) is 0 Å². The van der Waals surface area contributed by atoms with E-state index in [1.165, 1.54) is 0 Å². The summed E-state index contributed by atoms with van der Waals surface area (Å²) in [5, 5.41) is 15.7. The van der Waals surface area contributed by atoms with Crippen LogP contribution in [0.5, 0.6) is 0 Å². The average Bonchev–Trinajstić information content (AvgIpc) is 2.49. The zero-order valence-corrected chi connectivity index (χ0v) is 6.68. The van der Waals surface area contributed by atoms with Gasteiger partial charge in [-0.05, 0) is 12.8 Å². The quantitative estimate of drug-likeness (QED) is 0.653.